The smallest absolute Gasteiger partial charge is 0.157 e. The average molecular weight is 413 g/mol. The highest BCUT2D eigenvalue weighted by Crippen LogP contribution is 2.28. The monoisotopic (exact) mass is 412 g/mol. The van der Waals surface area contributed by atoms with Gasteiger partial charge in [-0.05, 0) is 57.1 Å². The van der Waals surface area contributed by atoms with Crippen molar-refractivity contribution in [3.05, 3.63) is 42.0 Å². The number of allylic oxidation sites excluding steroid dienone is 1. The molecule has 2 unspecified atom stereocenters. The Hall–Kier alpha value is -1.76. The van der Waals surface area contributed by atoms with Gasteiger partial charge in [0.2, 0.25) is 0 Å². The van der Waals surface area contributed by atoms with E-state index >= 15 is 0 Å². The van der Waals surface area contributed by atoms with Gasteiger partial charge in [0.1, 0.15) is 5.75 Å². The van der Waals surface area contributed by atoms with E-state index in [9.17, 15) is 0 Å². The lowest BCUT2D eigenvalue weighted by Crippen LogP contribution is -2.28. The molecule has 0 spiro atoms. The van der Waals surface area contributed by atoms with Crippen LogP contribution >= 0.6 is 0 Å². The van der Waals surface area contributed by atoms with Crippen LogP contribution in [0.25, 0.3) is 0 Å². The highest BCUT2D eigenvalue weighted by Gasteiger charge is 2.19. The van der Waals surface area contributed by atoms with Gasteiger partial charge < -0.3 is 14.2 Å². The molecule has 3 nitrogen and oxygen atoms in total. The molecule has 2 rings (SSSR count). The lowest BCUT2D eigenvalue weighted by atomic mass is 9.93. The predicted molar refractivity (Wildman–Crippen MR) is 125 cm³/mol. The lowest BCUT2D eigenvalue weighted by Gasteiger charge is -2.27. The van der Waals surface area contributed by atoms with Gasteiger partial charge in [-0.2, -0.15) is 0 Å². The zero-order valence-corrected chi connectivity index (χ0v) is 19.3. The largest absolute Gasteiger partial charge is 0.496 e. The Balaban J connectivity index is 1.94. The van der Waals surface area contributed by atoms with Gasteiger partial charge in [-0.25, -0.2) is 0 Å². The van der Waals surface area contributed by atoms with Crippen LogP contribution in [-0.2, 0) is 15.9 Å². The summed E-state index contributed by atoms with van der Waals surface area (Å²) in [5.41, 5.74) is 2.42. The molecule has 1 aliphatic heterocycles. The van der Waals surface area contributed by atoms with Crippen LogP contribution in [0.3, 0.4) is 0 Å². The molecule has 1 saturated heterocycles. The molecule has 1 heterocycles. The van der Waals surface area contributed by atoms with Crippen molar-refractivity contribution in [1.82, 2.24) is 0 Å². The first-order valence-electron chi connectivity index (χ1n) is 11.7. The van der Waals surface area contributed by atoms with E-state index in [-0.39, 0.29) is 18.3 Å². The quantitative estimate of drug-likeness (QED) is 0.215. The Labute approximate surface area is 184 Å². The summed E-state index contributed by atoms with van der Waals surface area (Å²) in [6, 6.07) is 6.20. The number of hydrogen-bond donors (Lipinski definition) is 0. The fraction of sp³-hybridized carbons (Fsp3) is 0.630. The fourth-order valence-corrected chi connectivity index (χ4v) is 4.01. The van der Waals surface area contributed by atoms with E-state index in [1.54, 1.807) is 7.11 Å². The second kappa shape index (κ2) is 14.3. The summed E-state index contributed by atoms with van der Waals surface area (Å²) in [5.74, 6) is 7.94. The Morgan fingerprint density at radius 3 is 2.83 bits per heavy atom. The van der Waals surface area contributed by atoms with E-state index in [2.05, 4.69) is 38.3 Å². The molecule has 0 radical (unpaired) electrons. The van der Waals surface area contributed by atoms with E-state index in [1.807, 2.05) is 18.2 Å². The molecule has 0 amide bonds. The van der Waals surface area contributed by atoms with Crippen LogP contribution < -0.4 is 4.74 Å². The maximum absolute atomic E-state index is 6.29. The summed E-state index contributed by atoms with van der Waals surface area (Å²) in [5, 5.41) is 0. The maximum Gasteiger partial charge on any atom is 0.157 e. The molecule has 0 N–H and O–H groups in total. The van der Waals surface area contributed by atoms with Crippen LogP contribution in [0.2, 0.25) is 0 Å². The SMILES string of the molecule is C=CCc1c(OC)cccc1C(C)C#CCC[C@H](CCCCC)OC1CCCCO1. The van der Waals surface area contributed by atoms with E-state index in [4.69, 9.17) is 14.2 Å². The van der Waals surface area contributed by atoms with Crippen molar-refractivity contribution in [2.24, 2.45) is 0 Å². The molecule has 0 aromatic heterocycles. The van der Waals surface area contributed by atoms with E-state index in [0.29, 0.717) is 0 Å². The minimum absolute atomic E-state index is 0.0181. The van der Waals surface area contributed by atoms with Gasteiger partial charge in [-0.1, -0.05) is 50.3 Å². The zero-order valence-electron chi connectivity index (χ0n) is 19.3. The third-order valence-corrected chi connectivity index (χ3v) is 5.73. The summed E-state index contributed by atoms with van der Waals surface area (Å²) in [6.45, 7) is 9.13. The summed E-state index contributed by atoms with van der Waals surface area (Å²) in [6.07, 6.45) is 13.0. The van der Waals surface area contributed by atoms with Crippen molar-refractivity contribution >= 4 is 0 Å². The number of ether oxygens (including phenoxy) is 3. The molecular formula is C27H40O3. The topological polar surface area (TPSA) is 27.7 Å². The molecule has 3 atom stereocenters. The maximum atomic E-state index is 6.29. The van der Waals surface area contributed by atoms with E-state index < -0.39 is 0 Å². The number of benzene rings is 1. The Bertz CT molecular complexity index is 679. The second-order valence-electron chi connectivity index (χ2n) is 8.15. The summed E-state index contributed by atoms with van der Waals surface area (Å²) in [7, 11) is 1.72. The highest BCUT2D eigenvalue weighted by molar-refractivity contribution is 5.45. The van der Waals surface area contributed by atoms with Gasteiger partial charge in [0.05, 0.1) is 13.2 Å². The normalized spacial score (nSPS) is 18.2. The number of methoxy groups -OCH3 is 1. The molecule has 30 heavy (non-hydrogen) atoms. The first kappa shape index (κ1) is 24.5. The van der Waals surface area contributed by atoms with Crippen LogP contribution in [0.1, 0.15) is 88.7 Å². The van der Waals surface area contributed by atoms with Crippen LogP contribution in [0.4, 0.5) is 0 Å². The third kappa shape index (κ3) is 8.17. The third-order valence-electron chi connectivity index (χ3n) is 5.73. The van der Waals surface area contributed by atoms with Crippen molar-refractivity contribution in [1.29, 1.82) is 0 Å². The van der Waals surface area contributed by atoms with Gasteiger partial charge in [0, 0.05) is 24.5 Å². The molecule has 0 bridgehead atoms. The van der Waals surface area contributed by atoms with E-state index in [0.717, 1.165) is 50.9 Å². The molecule has 1 aromatic rings. The van der Waals surface area contributed by atoms with Crippen LogP contribution in [0.15, 0.2) is 30.9 Å². The molecule has 1 aliphatic rings. The summed E-state index contributed by atoms with van der Waals surface area (Å²) >= 11 is 0. The molecule has 3 heteroatoms. The van der Waals surface area contributed by atoms with Crippen LogP contribution in [0.5, 0.6) is 5.75 Å². The summed E-state index contributed by atoms with van der Waals surface area (Å²) in [4.78, 5) is 0. The first-order valence-corrected chi connectivity index (χ1v) is 11.7. The number of rotatable bonds is 12. The molecular weight excluding hydrogens is 372 g/mol. The lowest BCUT2D eigenvalue weighted by molar-refractivity contribution is -0.190. The highest BCUT2D eigenvalue weighted by atomic mass is 16.7. The standard InChI is InChI=1S/C27H40O3/c1-5-7-8-16-23(30-27-20-11-12-21-29-27)17-10-9-15-22(3)24-18-13-19-26(28-4)25(24)14-6-2/h6,13,18-19,22-23,27H,2,5,7-8,10-12,14,16-17,20-21H2,1,3-4H3/t22?,23-,27?/m0/s1. The average Bonchev–Trinajstić information content (AvgIpc) is 2.77. The predicted octanol–water partition coefficient (Wildman–Crippen LogP) is 6.80. The zero-order chi connectivity index (χ0) is 21.6. The fourth-order valence-electron chi connectivity index (χ4n) is 4.01. The van der Waals surface area contributed by atoms with Crippen LogP contribution in [0, 0.1) is 11.8 Å². The minimum atomic E-state index is -0.0181. The van der Waals surface area contributed by atoms with Crippen molar-refractivity contribution in [2.75, 3.05) is 13.7 Å². The van der Waals surface area contributed by atoms with Crippen molar-refractivity contribution in [3.8, 4) is 17.6 Å². The number of unbranched alkanes of at least 4 members (excludes halogenated alkanes) is 2. The minimum Gasteiger partial charge on any atom is -0.496 e. The van der Waals surface area contributed by atoms with Gasteiger partial charge in [-0.3, -0.25) is 0 Å². The van der Waals surface area contributed by atoms with Crippen molar-refractivity contribution < 1.29 is 14.2 Å². The molecule has 166 valence electrons. The van der Waals surface area contributed by atoms with Crippen molar-refractivity contribution in [2.45, 2.75) is 96.4 Å². The van der Waals surface area contributed by atoms with Gasteiger partial charge in [0.25, 0.3) is 0 Å². The van der Waals surface area contributed by atoms with E-state index in [1.165, 1.54) is 36.8 Å². The van der Waals surface area contributed by atoms with Gasteiger partial charge in [0.15, 0.2) is 6.29 Å². The molecule has 1 aromatic carbocycles. The second-order valence-corrected chi connectivity index (χ2v) is 8.15. The molecule has 1 fully saturated rings. The Morgan fingerprint density at radius 1 is 1.27 bits per heavy atom. The Kier molecular flexibility index (Phi) is 11.7. The number of hydrogen-bond acceptors (Lipinski definition) is 3. The van der Waals surface area contributed by atoms with Gasteiger partial charge >= 0.3 is 0 Å². The van der Waals surface area contributed by atoms with Crippen molar-refractivity contribution in [3.63, 3.8) is 0 Å². The summed E-state index contributed by atoms with van der Waals surface area (Å²) < 4.78 is 17.6. The van der Waals surface area contributed by atoms with Crippen LogP contribution in [-0.4, -0.2) is 26.1 Å². The Morgan fingerprint density at radius 2 is 2.13 bits per heavy atom. The molecule has 0 saturated carbocycles. The van der Waals surface area contributed by atoms with Gasteiger partial charge in [-0.15, -0.1) is 12.5 Å². The molecule has 0 aliphatic carbocycles. The first-order chi connectivity index (χ1) is 14.7.